The van der Waals surface area contributed by atoms with Gasteiger partial charge in [0.15, 0.2) is 11.5 Å². The molecule has 2 aromatic carbocycles. The summed E-state index contributed by atoms with van der Waals surface area (Å²) >= 11 is 0. The number of para-hydroxylation sites is 1. The molecule has 1 saturated heterocycles. The lowest BCUT2D eigenvalue weighted by Crippen LogP contribution is -2.38. The molecule has 0 spiro atoms. The standard InChI is InChI=1S/C24H31N3O4/c1-5-26(20-9-7-6-8-17(20)2)13-12-25-24(29)18-14-23(28)27(16-18)19-10-11-21(30-3)22(15-19)31-4/h6-11,15,18H,5,12-14,16H2,1-4H3,(H,25,29). The number of carbonyl (C=O) groups excluding carboxylic acids is 2. The lowest BCUT2D eigenvalue weighted by Gasteiger charge is -2.25. The fraction of sp³-hybridized carbons (Fsp3) is 0.417. The number of nitrogens with one attached hydrogen (secondary N) is 1. The van der Waals surface area contributed by atoms with E-state index in [9.17, 15) is 9.59 Å². The van der Waals surface area contributed by atoms with Crippen LogP contribution in [-0.2, 0) is 9.59 Å². The molecule has 2 aromatic rings. The summed E-state index contributed by atoms with van der Waals surface area (Å²) in [6.07, 6.45) is 0.204. The average molecular weight is 426 g/mol. The lowest BCUT2D eigenvalue weighted by molar-refractivity contribution is -0.126. The second-order valence-corrected chi connectivity index (χ2v) is 7.60. The van der Waals surface area contributed by atoms with Gasteiger partial charge in [0.25, 0.3) is 0 Å². The SMILES string of the molecule is CCN(CCNC(=O)C1CC(=O)N(c2ccc(OC)c(OC)c2)C1)c1ccccc1C. The zero-order chi connectivity index (χ0) is 22.4. The number of ether oxygens (including phenoxy) is 2. The molecule has 0 aliphatic carbocycles. The van der Waals surface area contributed by atoms with Crippen molar-refractivity contribution >= 4 is 23.2 Å². The summed E-state index contributed by atoms with van der Waals surface area (Å²) in [6.45, 7) is 6.65. The Kier molecular flexibility index (Phi) is 7.39. The lowest BCUT2D eigenvalue weighted by atomic mass is 10.1. The van der Waals surface area contributed by atoms with Gasteiger partial charge in [0.1, 0.15) is 0 Å². The minimum absolute atomic E-state index is 0.0672. The van der Waals surface area contributed by atoms with Crippen molar-refractivity contribution in [3.8, 4) is 11.5 Å². The smallest absolute Gasteiger partial charge is 0.227 e. The molecular weight excluding hydrogens is 394 g/mol. The monoisotopic (exact) mass is 425 g/mol. The van der Waals surface area contributed by atoms with E-state index < -0.39 is 0 Å². The van der Waals surface area contributed by atoms with Crippen molar-refractivity contribution in [2.24, 2.45) is 5.92 Å². The van der Waals surface area contributed by atoms with Crippen LogP contribution in [0.25, 0.3) is 0 Å². The molecule has 7 nitrogen and oxygen atoms in total. The van der Waals surface area contributed by atoms with Gasteiger partial charge in [-0.1, -0.05) is 18.2 Å². The molecule has 2 amide bonds. The molecule has 1 N–H and O–H groups in total. The first-order valence-corrected chi connectivity index (χ1v) is 10.6. The van der Waals surface area contributed by atoms with Gasteiger partial charge in [0, 0.05) is 50.0 Å². The molecule has 1 aliphatic heterocycles. The Balaban J connectivity index is 1.57. The summed E-state index contributed by atoms with van der Waals surface area (Å²) < 4.78 is 10.6. The maximum absolute atomic E-state index is 12.7. The normalized spacial score (nSPS) is 15.7. The van der Waals surface area contributed by atoms with Crippen molar-refractivity contribution in [1.29, 1.82) is 0 Å². The molecular formula is C24H31N3O4. The molecule has 0 aromatic heterocycles. The highest BCUT2D eigenvalue weighted by Crippen LogP contribution is 2.34. The van der Waals surface area contributed by atoms with Crippen LogP contribution < -0.4 is 24.6 Å². The number of methoxy groups -OCH3 is 2. The Morgan fingerprint density at radius 3 is 2.58 bits per heavy atom. The minimum atomic E-state index is -0.367. The maximum atomic E-state index is 12.7. The summed E-state index contributed by atoms with van der Waals surface area (Å²) in [5.74, 6) is 0.631. The Hall–Kier alpha value is -3.22. The highest BCUT2D eigenvalue weighted by Gasteiger charge is 2.35. The van der Waals surface area contributed by atoms with Gasteiger partial charge in [0.05, 0.1) is 20.1 Å². The third-order valence-electron chi connectivity index (χ3n) is 5.69. The summed E-state index contributed by atoms with van der Waals surface area (Å²) in [5, 5.41) is 3.01. The van der Waals surface area contributed by atoms with E-state index in [4.69, 9.17) is 9.47 Å². The van der Waals surface area contributed by atoms with Crippen molar-refractivity contribution in [1.82, 2.24) is 5.32 Å². The van der Waals surface area contributed by atoms with Crippen molar-refractivity contribution in [2.75, 3.05) is 50.2 Å². The van der Waals surface area contributed by atoms with Gasteiger partial charge in [-0.25, -0.2) is 0 Å². The van der Waals surface area contributed by atoms with Crippen LogP contribution in [0.2, 0.25) is 0 Å². The average Bonchev–Trinajstić information content (AvgIpc) is 3.18. The van der Waals surface area contributed by atoms with Crippen LogP contribution in [0.1, 0.15) is 18.9 Å². The van der Waals surface area contributed by atoms with Crippen LogP contribution >= 0.6 is 0 Å². The fourth-order valence-electron chi connectivity index (χ4n) is 3.95. The minimum Gasteiger partial charge on any atom is -0.493 e. The van der Waals surface area contributed by atoms with Crippen LogP contribution in [0.15, 0.2) is 42.5 Å². The number of amides is 2. The third kappa shape index (κ3) is 5.10. The van der Waals surface area contributed by atoms with Crippen molar-refractivity contribution in [3.63, 3.8) is 0 Å². The van der Waals surface area contributed by atoms with E-state index in [0.717, 1.165) is 6.54 Å². The molecule has 0 radical (unpaired) electrons. The van der Waals surface area contributed by atoms with E-state index in [0.29, 0.717) is 36.8 Å². The van der Waals surface area contributed by atoms with E-state index in [-0.39, 0.29) is 24.2 Å². The summed E-state index contributed by atoms with van der Waals surface area (Å²) in [6, 6.07) is 13.6. The number of hydrogen-bond donors (Lipinski definition) is 1. The number of anilines is 2. The zero-order valence-electron chi connectivity index (χ0n) is 18.7. The Morgan fingerprint density at radius 1 is 1.16 bits per heavy atom. The summed E-state index contributed by atoms with van der Waals surface area (Å²) in [5.41, 5.74) is 3.09. The largest absolute Gasteiger partial charge is 0.493 e. The molecule has 0 saturated carbocycles. The topological polar surface area (TPSA) is 71.1 Å². The maximum Gasteiger partial charge on any atom is 0.227 e. The summed E-state index contributed by atoms with van der Waals surface area (Å²) in [7, 11) is 3.12. The Labute approximate surface area is 183 Å². The number of rotatable bonds is 9. The molecule has 0 bridgehead atoms. The van der Waals surface area contributed by atoms with E-state index in [2.05, 4.69) is 36.2 Å². The number of hydrogen-bond acceptors (Lipinski definition) is 5. The first kappa shape index (κ1) is 22.5. The highest BCUT2D eigenvalue weighted by molar-refractivity contribution is 6.00. The molecule has 166 valence electrons. The van der Waals surface area contributed by atoms with E-state index in [1.165, 1.54) is 11.3 Å². The predicted molar refractivity (Wildman–Crippen MR) is 122 cm³/mol. The highest BCUT2D eigenvalue weighted by atomic mass is 16.5. The van der Waals surface area contributed by atoms with Crippen LogP contribution in [0.5, 0.6) is 11.5 Å². The predicted octanol–water partition coefficient (Wildman–Crippen LogP) is 3.01. The molecule has 7 heteroatoms. The quantitative estimate of drug-likeness (QED) is 0.669. The second-order valence-electron chi connectivity index (χ2n) is 7.60. The van der Waals surface area contributed by atoms with E-state index >= 15 is 0 Å². The number of benzene rings is 2. The van der Waals surface area contributed by atoms with E-state index in [1.54, 1.807) is 37.3 Å². The molecule has 1 atom stereocenters. The Bertz CT molecular complexity index is 931. The molecule has 3 rings (SSSR count). The number of aryl methyl sites for hydroxylation is 1. The van der Waals surface area contributed by atoms with Gasteiger partial charge >= 0.3 is 0 Å². The van der Waals surface area contributed by atoms with Crippen LogP contribution in [0.3, 0.4) is 0 Å². The number of likely N-dealkylation sites (N-methyl/N-ethyl adjacent to an activating group) is 1. The van der Waals surface area contributed by atoms with Gasteiger partial charge in [0.2, 0.25) is 11.8 Å². The fourth-order valence-corrected chi connectivity index (χ4v) is 3.95. The third-order valence-corrected chi connectivity index (χ3v) is 5.69. The van der Waals surface area contributed by atoms with Gasteiger partial charge < -0.3 is 24.6 Å². The van der Waals surface area contributed by atoms with Crippen molar-refractivity contribution < 1.29 is 19.1 Å². The number of nitrogens with zero attached hydrogens (tertiary/aromatic N) is 2. The molecule has 1 unspecified atom stereocenters. The van der Waals surface area contributed by atoms with Gasteiger partial charge in [-0.2, -0.15) is 0 Å². The van der Waals surface area contributed by atoms with Gasteiger partial charge in [-0.05, 0) is 37.6 Å². The first-order valence-electron chi connectivity index (χ1n) is 10.6. The second kappa shape index (κ2) is 10.2. The van der Waals surface area contributed by atoms with Crippen molar-refractivity contribution in [3.05, 3.63) is 48.0 Å². The number of carbonyl (C=O) groups is 2. The molecule has 1 heterocycles. The molecule has 31 heavy (non-hydrogen) atoms. The van der Waals surface area contributed by atoms with Crippen molar-refractivity contribution in [2.45, 2.75) is 20.3 Å². The molecule has 1 fully saturated rings. The molecule has 1 aliphatic rings. The zero-order valence-corrected chi connectivity index (χ0v) is 18.7. The summed E-state index contributed by atoms with van der Waals surface area (Å²) in [4.78, 5) is 29.1. The van der Waals surface area contributed by atoms with Crippen LogP contribution in [-0.4, -0.2) is 52.2 Å². The Morgan fingerprint density at radius 2 is 1.90 bits per heavy atom. The van der Waals surface area contributed by atoms with Crippen LogP contribution in [0.4, 0.5) is 11.4 Å². The van der Waals surface area contributed by atoms with Gasteiger partial charge in [-0.15, -0.1) is 0 Å². The van der Waals surface area contributed by atoms with E-state index in [1.807, 2.05) is 12.1 Å². The van der Waals surface area contributed by atoms with Crippen LogP contribution in [0, 0.1) is 12.8 Å². The van der Waals surface area contributed by atoms with Gasteiger partial charge in [-0.3, -0.25) is 9.59 Å². The first-order chi connectivity index (χ1) is 15.0.